The van der Waals surface area contributed by atoms with Crippen molar-refractivity contribution < 1.29 is 9.26 Å². The van der Waals surface area contributed by atoms with Crippen molar-refractivity contribution in [1.82, 2.24) is 5.16 Å². The predicted octanol–water partition coefficient (Wildman–Crippen LogP) is 2.32. The molecular weight excluding hydrogens is 192 g/mol. The smallest absolute Gasteiger partial charge is 0.229 e. The van der Waals surface area contributed by atoms with E-state index in [1.165, 1.54) is 0 Å². The fourth-order valence-electron chi connectivity index (χ4n) is 1.36. The van der Waals surface area contributed by atoms with Crippen molar-refractivity contribution in [1.29, 1.82) is 0 Å². The first-order valence-electron chi connectivity index (χ1n) is 4.74. The van der Waals surface area contributed by atoms with E-state index < -0.39 is 0 Å². The molecule has 15 heavy (non-hydrogen) atoms. The van der Waals surface area contributed by atoms with E-state index in [9.17, 15) is 0 Å². The van der Waals surface area contributed by atoms with Crippen LogP contribution in [0.1, 0.15) is 6.92 Å². The molecule has 4 heteroatoms. The molecule has 2 rings (SSSR count). The van der Waals surface area contributed by atoms with Gasteiger partial charge >= 0.3 is 0 Å². The lowest BCUT2D eigenvalue weighted by Crippen LogP contribution is -1.91. The average Bonchev–Trinajstić information content (AvgIpc) is 2.66. The maximum absolute atomic E-state index is 5.61. The molecule has 1 aromatic carbocycles. The van der Waals surface area contributed by atoms with E-state index in [0.29, 0.717) is 12.5 Å². The lowest BCUT2D eigenvalue weighted by molar-refractivity contribution is 0.340. The minimum absolute atomic E-state index is 0.333. The van der Waals surface area contributed by atoms with Crippen molar-refractivity contribution in [3.8, 4) is 16.9 Å². The van der Waals surface area contributed by atoms with E-state index >= 15 is 0 Å². The Hall–Kier alpha value is -1.97. The number of hydrogen-bond donors (Lipinski definition) is 1. The van der Waals surface area contributed by atoms with Crippen LogP contribution in [-0.2, 0) is 0 Å². The van der Waals surface area contributed by atoms with Gasteiger partial charge in [0.25, 0.3) is 0 Å². The van der Waals surface area contributed by atoms with Crippen LogP contribution in [0.4, 0.5) is 5.88 Å². The third-order valence-electron chi connectivity index (χ3n) is 2.07. The molecule has 78 valence electrons. The van der Waals surface area contributed by atoms with Gasteiger partial charge in [-0.25, -0.2) is 0 Å². The first kappa shape index (κ1) is 9.58. The summed E-state index contributed by atoms with van der Waals surface area (Å²) in [5.41, 5.74) is 7.38. The number of ether oxygens (including phenoxy) is 1. The predicted molar refractivity (Wildman–Crippen MR) is 57.5 cm³/mol. The van der Waals surface area contributed by atoms with Crippen LogP contribution in [0.3, 0.4) is 0 Å². The molecule has 0 aliphatic carbocycles. The van der Waals surface area contributed by atoms with Gasteiger partial charge in [-0.15, -0.1) is 0 Å². The normalized spacial score (nSPS) is 10.2. The maximum Gasteiger partial charge on any atom is 0.229 e. The minimum atomic E-state index is 0.333. The molecule has 2 aromatic rings. The number of aromatic nitrogens is 1. The van der Waals surface area contributed by atoms with E-state index in [1.54, 1.807) is 6.20 Å². The van der Waals surface area contributed by atoms with Gasteiger partial charge in [0.2, 0.25) is 5.88 Å². The molecule has 0 saturated heterocycles. The van der Waals surface area contributed by atoms with Crippen LogP contribution in [-0.4, -0.2) is 11.8 Å². The Morgan fingerprint density at radius 2 is 2.07 bits per heavy atom. The molecule has 2 N–H and O–H groups in total. The van der Waals surface area contributed by atoms with Crippen LogP contribution in [0.25, 0.3) is 11.1 Å². The van der Waals surface area contributed by atoms with Gasteiger partial charge in [-0.3, -0.25) is 0 Å². The average molecular weight is 204 g/mol. The topological polar surface area (TPSA) is 61.3 Å². The molecule has 4 nitrogen and oxygen atoms in total. The fraction of sp³-hybridized carbons (Fsp3) is 0.182. The summed E-state index contributed by atoms with van der Waals surface area (Å²) < 4.78 is 10.1. The zero-order valence-electron chi connectivity index (χ0n) is 8.43. The van der Waals surface area contributed by atoms with Gasteiger partial charge in [-0.1, -0.05) is 17.3 Å². The van der Waals surface area contributed by atoms with Crippen molar-refractivity contribution in [2.75, 3.05) is 12.3 Å². The Balaban J connectivity index is 2.28. The Morgan fingerprint density at radius 1 is 1.33 bits per heavy atom. The summed E-state index contributed by atoms with van der Waals surface area (Å²) in [5, 5.41) is 3.63. The van der Waals surface area contributed by atoms with Gasteiger partial charge in [0, 0.05) is 0 Å². The van der Waals surface area contributed by atoms with E-state index in [1.807, 2.05) is 31.2 Å². The summed E-state index contributed by atoms with van der Waals surface area (Å²) in [6, 6.07) is 7.64. The SMILES string of the molecule is CCOc1ccc(-c2cnoc2N)cc1. The third kappa shape index (κ3) is 1.93. The van der Waals surface area contributed by atoms with Crippen LogP contribution in [0.2, 0.25) is 0 Å². The van der Waals surface area contributed by atoms with E-state index in [4.69, 9.17) is 15.0 Å². The number of anilines is 1. The Morgan fingerprint density at radius 3 is 2.60 bits per heavy atom. The molecular formula is C11H12N2O2. The summed E-state index contributed by atoms with van der Waals surface area (Å²) in [6.07, 6.45) is 1.60. The number of hydrogen-bond acceptors (Lipinski definition) is 4. The Bertz CT molecular complexity index is 434. The molecule has 0 radical (unpaired) electrons. The third-order valence-corrected chi connectivity index (χ3v) is 2.07. The molecule has 0 amide bonds. The van der Waals surface area contributed by atoms with Gasteiger partial charge < -0.3 is 15.0 Å². The summed E-state index contributed by atoms with van der Waals surface area (Å²) in [6.45, 7) is 2.61. The molecule has 0 spiro atoms. The lowest BCUT2D eigenvalue weighted by atomic mass is 10.1. The minimum Gasteiger partial charge on any atom is -0.494 e. The monoisotopic (exact) mass is 204 g/mol. The van der Waals surface area contributed by atoms with Gasteiger partial charge in [-0.2, -0.15) is 0 Å². The van der Waals surface area contributed by atoms with Crippen molar-refractivity contribution >= 4 is 5.88 Å². The van der Waals surface area contributed by atoms with E-state index in [0.717, 1.165) is 16.9 Å². The lowest BCUT2D eigenvalue weighted by Gasteiger charge is -2.03. The second kappa shape index (κ2) is 4.04. The molecule has 1 aromatic heterocycles. The van der Waals surface area contributed by atoms with Crippen molar-refractivity contribution in [3.63, 3.8) is 0 Å². The van der Waals surface area contributed by atoms with E-state index in [-0.39, 0.29) is 0 Å². The Kier molecular flexibility index (Phi) is 2.58. The zero-order chi connectivity index (χ0) is 10.7. The first-order valence-corrected chi connectivity index (χ1v) is 4.74. The standard InChI is InChI=1S/C11H12N2O2/c1-2-14-9-5-3-8(4-6-9)10-7-13-15-11(10)12/h3-7H,2,12H2,1H3. The highest BCUT2D eigenvalue weighted by Gasteiger charge is 2.06. The van der Waals surface area contributed by atoms with Crippen molar-refractivity contribution in [2.24, 2.45) is 0 Å². The number of nitrogens with zero attached hydrogens (tertiary/aromatic N) is 1. The number of nitrogens with two attached hydrogens (primary N) is 1. The molecule has 0 aliphatic rings. The van der Waals surface area contributed by atoms with Crippen LogP contribution >= 0.6 is 0 Å². The highest BCUT2D eigenvalue weighted by molar-refractivity contribution is 5.72. The van der Waals surface area contributed by atoms with Crippen molar-refractivity contribution in [3.05, 3.63) is 30.5 Å². The second-order valence-electron chi connectivity index (χ2n) is 3.06. The van der Waals surface area contributed by atoms with Gasteiger partial charge in [0.15, 0.2) is 0 Å². The number of nitrogen functional groups attached to an aromatic ring is 1. The zero-order valence-corrected chi connectivity index (χ0v) is 8.43. The van der Waals surface area contributed by atoms with Crippen LogP contribution < -0.4 is 10.5 Å². The first-order chi connectivity index (χ1) is 7.31. The van der Waals surface area contributed by atoms with Crippen molar-refractivity contribution in [2.45, 2.75) is 6.92 Å². The highest BCUT2D eigenvalue weighted by atomic mass is 16.5. The molecule has 1 heterocycles. The summed E-state index contributed by atoms with van der Waals surface area (Å²) in [7, 11) is 0. The maximum atomic E-state index is 5.61. The quantitative estimate of drug-likeness (QED) is 0.833. The van der Waals surface area contributed by atoms with Gasteiger partial charge in [-0.05, 0) is 24.6 Å². The van der Waals surface area contributed by atoms with Gasteiger partial charge in [0.05, 0.1) is 18.4 Å². The molecule has 0 unspecified atom stereocenters. The summed E-state index contributed by atoms with van der Waals surface area (Å²) >= 11 is 0. The van der Waals surface area contributed by atoms with E-state index in [2.05, 4.69) is 5.16 Å². The summed E-state index contributed by atoms with van der Waals surface area (Å²) in [5.74, 6) is 1.18. The van der Waals surface area contributed by atoms with Crippen LogP contribution in [0, 0.1) is 0 Å². The number of rotatable bonds is 3. The van der Waals surface area contributed by atoms with Crippen LogP contribution in [0.5, 0.6) is 5.75 Å². The molecule has 0 bridgehead atoms. The molecule has 0 atom stereocenters. The largest absolute Gasteiger partial charge is 0.494 e. The summed E-state index contributed by atoms with van der Waals surface area (Å²) in [4.78, 5) is 0. The molecule has 0 aliphatic heterocycles. The molecule has 0 fully saturated rings. The fourth-order valence-corrected chi connectivity index (χ4v) is 1.36. The molecule has 0 saturated carbocycles. The Labute approximate surface area is 87.6 Å². The second-order valence-corrected chi connectivity index (χ2v) is 3.06. The van der Waals surface area contributed by atoms with Gasteiger partial charge in [0.1, 0.15) is 5.75 Å². The highest BCUT2D eigenvalue weighted by Crippen LogP contribution is 2.26. The number of benzene rings is 1. The van der Waals surface area contributed by atoms with Crippen LogP contribution in [0.15, 0.2) is 35.0 Å².